The van der Waals surface area contributed by atoms with Gasteiger partial charge < -0.3 is 10.1 Å². The van der Waals surface area contributed by atoms with Crippen molar-refractivity contribution in [1.29, 1.82) is 5.26 Å². The number of hydrogen-bond acceptors (Lipinski definition) is 6. The molecule has 0 spiro atoms. The van der Waals surface area contributed by atoms with Gasteiger partial charge in [-0.15, -0.1) is 0 Å². The maximum Gasteiger partial charge on any atom is 0.366 e. The molecule has 0 saturated carbocycles. The highest BCUT2D eigenvalue weighted by Gasteiger charge is 2.22. The van der Waals surface area contributed by atoms with Gasteiger partial charge in [-0.05, 0) is 9.91 Å². The maximum absolute atomic E-state index is 10.8. The zero-order valence-electron chi connectivity index (χ0n) is 6.92. The Labute approximate surface area is 88.5 Å². The average Bonchev–Trinajstić information content (AvgIpc) is 2.15. The third-order valence-corrected chi connectivity index (χ3v) is 2.54. The largest absolute Gasteiger partial charge is 0.366 e. The molecule has 1 aromatic rings. The van der Waals surface area contributed by atoms with Gasteiger partial charge in [-0.3, -0.25) is 0 Å². The standard InChI is InChI=1S/C6H2ClN3O4S/c7-15(13,14)6-2-4(3-8)1-5(9-6)10(11)12/h1-2H. The fourth-order valence-corrected chi connectivity index (χ4v) is 1.48. The molecule has 0 fully saturated rings. The van der Waals surface area contributed by atoms with Crippen LogP contribution in [0.2, 0.25) is 0 Å². The highest BCUT2D eigenvalue weighted by atomic mass is 35.7. The van der Waals surface area contributed by atoms with Gasteiger partial charge in [0.1, 0.15) is 0 Å². The number of rotatable bonds is 2. The molecule has 0 aliphatic carbocycles. The number of nitro groups is 1. The number of nitrogens with zero attached hydrogens (tertiary/aromatic N) is 3. The van der Waals surface area contributed by atoms with Crippen LogP contribution in [0.4, 0.5) is 5.82 Å². The molecule has 7 nitrogen and oxygen atoms in total. The van der Waals surface area contributed by atoms with E-state index in [9.17, 15) is 18.5 Å². The summed E-state index contributed by atoms with van der Waals surface area (Å²) in [4.78, 5) is 12.6. The molecule has 0 N–H and O–H groups in total. The van der Waals surface area contributed by atoms with Crippen LogP contribution in [0.1, 0.15) is 5.56 Å². The van der Waals surface area contributed by atoms with Crippen LogP contribution in [0.15, 0.2) is 17.2 Å². The minimum absolute atomic E-state index is 0.198. The number of nitriles is 1. The highest BCUT2D eigenvalue weighted by molar-refractivity contribution is 8.13. The van der Waals surface area contributed by atoms with Crippen LogP contribution in [-0.4, -0.2) is 18.3 Å². The molecule has 0 aliphatic rings. The Morgan fingerprint density at radius 2 is 2.13 bits per heavy atom. The Hall–Kier alpha value is -1.72. The van der Waals surface area contributed by atoms with E-state index in [-0.39, 0.29) is 5.56 Å². The van der Waals surface area contributed by atoms with Crippen molar-refractivity contribution in [3.63, 3.8) is 0 Å². The van der Waals surface area contributed by atoms with Crippen molar-refractivity contribution >= 4 is 25.6 Å². The van der Waals surface area contributed by atoms with Gasteiger partial charge in [0.05, 0.1) is 17.7 Å². The van der Waals surface area contributed by atoms with Gasteiger partial charge in [-0.2, -0.15) is 5.26 Å². The first-order chi connectivity index (χ1) is 6.84. The quantitative estimate of drug-likeness (QED) is 0.433. The molecular weight excluding hydrogens is 246 g/mol. The lowest BCUT2D eigenvalue weighted by molar-refractivity contribution is -0.390. The molecule has 0 atom stereocenters. The molecule has 0 saturated heterocycles. The van der Waals surface area contributed by atoms with Crippen LogP contribution in [0, 0.1) is 21.4 Å². The molecule has 78 valence electrons. The first-order valence-electron chi connectivity index (χ1n) is 3.36. The van der Waals surface area contributed by atoms with Crippen LogP contribution in [0.5, 0.6) is 0 Å². The fraction of sp³-hybridized carbons (Fsp3) is 0. The van der Waals surface area contributed by atoms with E-state index >= 15 is 0 Å². The first-order valence-corrected chi connectivity index (χ1v) is 5.67. The van der Waals surface area contributed by atoms with Gasteiger partial charge >= 0.3 is 14.9 Å². The van der Waals surface area contributed by atoms with E-state index in [1.165, 1.54) is 0 Å². The van der Waals surface area contributed by atoms with Crippen LogP contribution in [-0.2, 0) is 9.05 Å². The van der Waals surface area contributed by atoms with Gasteiger partial charge in [0.15, 0.2) is 0 Å². The highest BCUT2D eigenvalue weighted by Crippen LogP contribution is 2.18. The Bertz CT molecular complexity index is 562. The second kappa shape index (κ2) is 3.80. The molecule has 0 radical (unpaired) electrons. The summed E-state index contributed by atoms with van der Waals surface area (Å²) in [5.41, 5.74) is -0.198. The van der Waals surface area contributed by atoms with Gasteiger partial charge in [0, 0.05) is 16.7 Å². The summed E-state index contributed by atoms with van der Waals surface area (Å²) in [7, 11) is 0.756. The minimum Gasteiger partial charge on any atom is -0.358 e. The van der Waals surface area contributed by atoms with Crippen molar-refractivity contribution in [3.05, 3.63) is 27.8 Å². The molecular formula is C6H2ClN3O4S. The molecule has 1 aromatic heterocycles. The molecule has 9 heteroatoms. The molecule has 0 aromatic carbocycles. The third-order valence-electron chi connectivity index (χ3n) is 1.35. The summed E-state index contributed by atoms with van der Waals surface area (Å²) < 4.78 is 21.7. The Morgan fingerprint density at radius 1 is 1.53 bits per heavy atom. The second-order valence-electron chi connectivity index (χ2n) is 2.36. The second-order valence-corrected chi connectivity index (χ2v) is 4.87. The van der Waals surface area contributed by atoms with Crippen LogP contribution < -0.4 is 0 Å². The number of halogens is 1. The van der Waals surface area contributed by atoms with E-state index < -0.39 is 24.8 Å². The lowest BCUT2D eigenvalue weighted by Gasteiger charge is -1.94. The van der Waals surface area contributed by atoms with E-state index in [0.717, 1.165) is 12.1 Å². The predicted molar refractivity (Wildman–Crippen MR) is 48.6 cm³/mol. The zero-order valence-corrected chi connectivity index (χ0v) is 8.49. The monoisotopic (exact) mass is 247 g/mol. The lowest BCUT2D eigenvalue weighted by Crippen LogP contribution is -2.00. The van der Waals surface area contributed by atoms with Crippen LogP contribution in [0.3, 0.4) is 0 Å². The van der Waals surface area contributed by atoms with Crippen molar-refractivity contribution in [1.82, 2.24) is 4.98 Å². The smallest absolute Gasteiger partial charge is 0.358 e. The first kappa shape index (κ1) is 11.4. The fourth-order valence-electron chi connectivity index (χ4n) is 0.774. The van der Waals surface area contributed by atoms with E-state index in [1.807, 2.05) is 0 Å². The number of pyridine rings is 1. The van der Waals surface area contributed by atoms with Gasteiger partial charge in [-0.25, -0.2) is 8.42 Å². The Morgan fingerprint density at radius 3 is 2.53 bits per heavy atom. The molecule has 1 heterocycles. The molecule has 0 amide bonds. The van der Waals surface area contributed by atoms with E-state index in [4.69, 9.17) is 15.9 Å². The van der Waals surface area contributed by atoms with Crippen molar-refractivity contribution in [2.75, 3.05) is 0 Å². The predicted octanol–water partition coefficient (Wildman–Crippen LogP) is 0.789. The zero-order chi connectivity index (χ0) is 11.6. The number of aromatic nitrogens is 1. The van der Waals surface area contributed by atoms with E-state index in [1.54, 1.807) is 6.07 Å². The molecule has 15 heavy (non-hydrogen) atoms. The van der Waals surface area contributed by atoms with Crippen molar-refractivity contribution in [2.45, 2.75) is 5.03 Å². The summed E-state index contributed by atoms with van der Waals surface area (Å²) in [5.74, 6) is -0.742. The van der Waals surface area contributed by atoms with E-state index in [0.29, 0.717) is 0 Å². The maximum atomic E-state index is 10.8. The van der Waals surface area contributed by atoms with Crippen LogP contribution >= 0.6 is 10.7 Å². The van der Waals surface area contributed by atoms with Gasteiger partial charge in [0.2, 0.25) is 0 Å². The summed E-state index contributed by atoms with van der Waals surface area (Å²) in [6.07, 6.45) is 0. The molecule has 0 aliphatic heterocycles. The molecule has 0 unspecified atom stereocenters. The summed E-state index contributed by atoms with van der Waals surface area (Å²) >= 11 is 0. The average molecular weight is 248 g/mol. The van der Waals surface area contributed by atoms with Crippen LogP contribution in [0.25, 0.3) is 0 Å². The topological polar surface area (TPSA) is 114 Å². The summed E-state index contributed by atoms with van der Waals surface area (Å²) in [6.45, 7) is 0. The van der Waals surface area contributed by atoms with E-state index in [2.05, 4.69) is 4.98 Å². The summed E-state index contributed by atoms with van der Waals surface area (Å²) in [5, 5.41) is 18.1. The van der Waals surface area contributed by atoms with Crippen molar-refractivity contribution in [3.8, 4) is 6.07 Å². The van der Waals surface area contributed by atoms with Gasteiger partial charge in [0.25, 0.3) is 5.03 Å². The Kier molecular flexibility index (Phi) is 2.88. The SMILES string of the molecule is N#Cc1cc([N+](=O)[O-])nc(S(=O)(=O)Cl)c1. The van der Waals surface area contributed by atoms with Crippen molar-refractivity contribution in [2.24, 2.45) is 0 Å². The lowest BCUT2D eigenvalue weighted by atomic mass is 10.3. The van der Waals surface area contributed by atoms with Crippen molar-refractivity contribution < 1.29 is 13.3 Å². The molecule has 0 bridgehead atoms. The third kappa shape index (κ3) is 2.61. The molecule has 1 rings (SSSR count). The summed E-state index contributed by atoms with van der Waals surface area (Å²) in [6, 6.07) is 3.28. The Balaban J connectivity index is 3.52. The van der Waals surface area contributed by atoms with Gasteiger partial charge in [-0.1, -0.05) is 0 Å². The minimum atomic E-state index is -4.19. The number of hydrogen-bond donors (Lipinski definition) is 0. The normalized spacial score (nSPS) is 10.7.